The fourth-order valence-corrected chi connectivity index (χ4v) is 4.62. The normalized spacial score (nSPS) is 14.0. The quantitative estimate of drug-likeness (QED) is 0.110. The Bertz CT molecular complexity index is 1360. The van der Waals surface area contributed by atoms with E-state index >= 15 is 0 Å². The SMILES string of the molecule is CSCCC(N)C(=O)NC(Cc1cnc[nH]1)C(=O)NC(CC(=O)O)C(=O)NC(Cc1c[nH]c2ccccc12)C(=O)O. The monoisotopic (exact) mass is 587 g/mol. The van der Waals surface area contributed by atoms with Crippen molar-refractivity contribution < 1.29 is 34.2 Å². The van der Waals surface area contributed by atoms with Crippen LogP contribution in [-0.4, -0.2) is 91.0 Å². The number of nitrogens with zero attached hydrogens (tertiary/aromatic N) is 1. The summed E-state index contributed by atoms with van der Waals surface area (Å²) in [6, 6.07) is 2.07. The summed E-state index contributed by atoms with van der Waals surface area (Å²) in [5.74, 6) is -4.57. The van der Waals surface area contributed by atoms with Crippen molar-refractivity contribution in [3.8, 4) is 0 Å². The van der Waals surface area contributed by atoms with Gasteiger partial charge in [0.15, 0.2) is 0 Å². The lowest BCUT2D eigenvalue weighted by Crippen LogP contribution is -2.58. The smallest absolute Gasteiger partial charge is 0.326 e. The third kappa shape index (κ3) is 9.08. The van der Waals surface area contributed by atoms with E-state index in [-0.39, 0.29) is 12.8 Å². The number of para-hydroxylation sites is 1. The first-order valence-electron chi connectivity index (χ1n) is 12.7. The number of carbonyl (C=O) groups is 5. The van der Waals surface area contributed by atoms with Gasteiger partial charge in [-0.1, -0.05) is 18.2 Å². The number of rotatable bonds is 16. The summed E-state index contributed by atoms with van der Waals surface area (Å²) in [6.07, 6.45) is 5.73. The Kier molecular flexibility index (Phi) is 11.3. The van der Waals surface area contributed by atoms with Crippen LogP contribution < -0.4 is 21.7 Å². The number of amides is 3. The van der Waals surface area contributed by atoms with Gasteiger partial charge in [0.2, 0.25) is 17.7 Å². The average Bonchev–Trinajstić information content (AvgIpc) is 3.60. The minimum absolute atomic E-state index is 0.0491. The first-order valence-corrected chi connectivity index (χ1v) is 14.1. The van der Waals surface area contributed by atoms with Gasteiger partial charge in [0.05, 0.1) is 18.8 Å². The molecule has 3 amide bonds. The second kappa shape index (κ2) is 14.9. The van der Waals surface area contributed by atoms with Crippen molar-refractivity contribution in [3.63, 3.8) is 0 Å². The van der Waals surface area contributed by atoms with E-state index in [1.165, 1.54) is 24.3 Å². The third-order valence-electron chi connectivity index (χ3n) is 6.31. The maximum Gasteiger partial charge on any atom is 0.326 e. The number of hydrogen-bond donors (Lipinski definition) is 8. The molecule has 14 nitrogen and oxygen atoms in total. The van der Waals surface area contributed by atoms with Gasteiger partial charge in [0.1, 0.15) is 18.1 Å². The fraction of sp³-hybridized carbons (Fsp3) is 0.385. The molecule has 0 bridgehead atoms. The molecule has 0 aliphatic heterocycles. The van der Waals surface area contributed by atoms with Crippen LogP contribution in [0.4, 0.5) is 0 Å². The van der Waals surface area contributed by atoms with E-state index in [4.69, 9.17) is 5.73 Å². The van der Waals surface area contributed by atoms with Crippen LogP contribution in [-0.2, 0) is 36.8 Å². The van der Waals surface area contributed by atoms with Crippen molar-refractivity contribution in [1.29, 1.82) is 0 Å². The Morgan fingerprint density at radius 1 is 0.951 bits per heavy atom. The maximum atomic E-state index is 13.3. The molecule has 9 N–H and O–H groups in total. The second-order valence-corrected chi connectivity index (χ2v) is 10.3. The lowest BCUT2D eigenvalue weighted by atomic mass is 10.0. The fourth-order valence-electron chi connectivity index (χ4n) is 4.13. The molecule has 4 unspecified atom stereocenters. The van der Waals surface area contributed by atoms with Crippen molar-refractivity contribution in [1.82, 2.24) is 30.9 Å². The van der Waals surface area contributed by atoms with Gasteiger partial charge in [-0.3, -0.25) is 19.2 Å². The molecule has 2 heterocycles. The number of H-pyrrole nitrogens is 2. The van der Waals surface area contributed by atoms with Crippen LogP contribution in [0.1, 0.15) is 24.1 Å². The summed E-state index contributed by atoms with van der Waals surface area (Å²) in [6.45, 7) is 0. The highest BCUT2D eigenvalue weighted by Gasteiger charge is 2.32. The van der Waals surface area contributed by atoms with Crippen LogP contribution >= 0.6 is 11.8 Å². The molecule has 15 heteroatoms. The zero-order chi connectivity index (χ0) is 29.9. The molecule has 3 rings (SSSR count). The standard InChI is InChI=1S/C26H33N7O7S/c1-41-7-6-17(27)23(36)31-19(9-15-12-28-13-30-15)24(37)32-20(10-22(34)35)25(38)33-21(26(39)40)8-14-11-29-18-5-3-2-4-16(14)18/h2-5,11-13,17,19-21,29H,6-10,27H2,1H3,(H,28,30)(H,31,36)(H,32,37)(H,33,38)(H,34,35)(H,39,40). The van der Waals surface area contributed by atoms with Gasteiger partial charge >= 0.3 is 11.9 Å². The molecule has 0 aliphatic carbocycles. The molecule has 4 atom stereocenters. The number of hydrogen-bond acceptors (Lipinski definition) is 8. The first kappa shape index (κ1) is 31.2. The van der Waals surface area contributed by atoms with Gasteiger partial charge in [-0.25, -0.2) is 9.78 Å². The molecule has 0 aliphatic rings. The molecule has 0 radical (unpaired) electrons. The van der Waals surface area contributed by atoms with Crippen LogP contribution in [0.25, 0.3) is 10.9 Å². The number of aromatic amines is 2. The second-order valence-electron chi connectivity index (χ2n) is 9.35. The average molecular weight is 588 g/mol. The lowest BCUT2D eigenvalue weighted by molar-refractivity contribution is -0.143. The van der Waals surface area contributed by atoms with Gasteiger partial charge in [-0.15, -0.1) is 0 Å². The number of nitrogens with two attached hydrogens (primary N) is 1. The molecule has 41 heavy (non-hydrogen) atoms. The molecule has 1 aromatic carbocycles. The molecular formula is C26H33N7O7S. The number of nitrogens with one attached hydrogen (secondary N) is 5. The Labute approximate surface area is 239 Å². The first-order chi connectivity index (χ1) is 19.6. The molecule has 2 aromatic heterocycles. The predicted molar refractivity (Wildman–Crippen MR) is 151 cm³/mol. The number of imidazole rings is 1. The molecule has 0 saturated heterocycles. The van der Waals surface area contributed by atoms with Crippen molar-refractivity contribution in [3.05, 3.63) is 54.2 Å². The van der Waals surface area contributed by atoms with E-state index in [2.05, 4.69) is 30.9 Å². The van der Waals surface area contributed by atoms with Crippen molar-refractivity contribution in [2.24, 2.45) is 5.73 Å². The van der Waals surface area contributed by atoms with E-state index < -0.39 is 60.2 Å². The third-order valence-corrected chi connectivity index (χ3v) is 6.95. The summed E-state index contributed by atoms with van der Waals surface area (Å²) in [5, 5.41) is 27.2. The number of fused-ring (bicyclic) bond motifs is 1. The summed E-state index contributed by atoms with van der Waals surface area (Å²) in [5.41, 5.74) is 7.85. The maximum absolute atomic E-state index is 13.3. The molecule has 0 saturated carbocycles. The van der Waals surface area contributed by atoms with Crippen LogP contribution in [0.15, 0.2) is 43.0 Å². The Balaban J connectivity index is 1.75. The highest BCUT2D eigenvalue weighted by molar-refractivity contribution is 7.98. The highest BCUT2D eigenvalue weighted by Crippen LogP contribution is 2.19. The number of aromatic nitrogens is 3. The number of thioether (sulfide) groups is 1. The van der Waals surface area contributed by atoms with E-state index in [9.17, 15) is 34.2 Å². The van der Waals surface area contributed by atoms with Gasteiger partial charge in [-0.2, -0.15) is 11.8 Å². The largest absolute Gasteiger partial charge is 0.481 e. The van der Waals surface area contributed by atoms with Crippen molar-refractivity contribution in [2.75, 3.05) is 12.0 Å². The highest BCUT2D eigenvalue weighted by atomic mass is 32.2. The number of carboxylic acids is 2. The van der Waals surface area contributed by atoms with Crippen LogP contribution in [0.3, 0.4) is 0 Å². The van der Waals surface area contributed by atoms with Gasteiger partial charge < -0.3 is 41.9 Å². The van der Waals surface area contributed by atoms with E-state index in [0.29, 0.717) is 23.4 Å². The summed E-state index contributed by atoms with van der Waals surface area (Å²) >= 11 is 1.51. The number of aliphatic carboxylic acids is 2. The Morgan fingerprint density at radius 2 is 1.63 bits per heavy atom. The lowest BCUT2D eigenvalue weighted by Gasteiger charge is -2.24. The predicted octanol–water partition coefficient (Wildman–Crippen LogP) is -0.230. The van der Waals surface area contributed by atoms with E-state index in [0.717, 1.165) is 10.9 Å². The summed E-state index contributed by atoms with van der Waals surface area (Å²) in [7, 11) is 0. The van der Waals surface area contributed by atoms with E-state index in [1.807, 2.05) is 18.4 Å². The minimum atomic E-state index is -1.63. The van der Waals surface area contributed by atoms with Crippen LogP contribution in [0, 0.1) is 0 Å². The van der Waals surface area contributed by atoms with E-state index in [1.54, 1.807) is 18.3 Å². The summed E-state index contributed by atoms with van der Waals surface area (Å²) in [4.78, 5) is 72.4. The molecule has 0 fully saturated rings. The Hall–Kier alpha value is -4.37. The van der Waals surface area contributed by atoms with Gasteiger partial charge in [-0.05, 0) is 30.1 Å². The minimum Gasteiger partial charge on any atom is -0.481 e. The summed E-state index contributed by atoms with van der Waals surface area (Å²) < 4.78 is 0. The topological polar surface area (TPSA) is 232 Å². The van der Waals surface area contributed by atoms with Crippen molar-refractivity contribution >= 4 is 52.3 Å². The molecule has 3 aromatic rings. The van der Waals surface area contributed by atoms with Gasteiger partial charge in [0.25, 0.3) is 0 Å². The van der Waals surface area contributed by atoms with Crippen LogP contribution in [0.2, 0.25) is 0 Å². The van der Waals surface area contributed by atoms with Crippen molar-refractivity contribution in [2.45, 2.75) is 49.9 Å². The zero-order valence-electron chi connectivity index (χ0n) is 22.3. The molecule has 0 spiro atoms. The molecular weight excluding hydrogens is 554 g/mol. The van der Waals surface area contributed by atoms with Gasteiger partial charge in [0, 0.05) is 41.8 Å². The number of carbonyl (C=O) groups excluding carboxylic acids is 3. The Morgan fingerprint density at radius 3 is 2.29 bits per heavy atom. The zero-order valence-corrected chi connectivity index (χ0v) is 23.1. The van der Waals surface area contributed by atoms with Crippen LogP contribution in [0.5, 0.6) is 0 Å². The number of benzene rings is 1. The number of carboxylic acid groups (broad SMARTS) is 2. The molecule has 220 valence electrons.